The van der Waals surface area contributed by atoms with E-state index >= 15 is 0 Å². The van der Waals surface area contributed by atoms with E-state index in [2.05, 4.69) is 25.6 Å². The van der Waals surface area contributed by atoms with Gasteiger partial charge in [-0.05, 0) is 50.5 Å². The maximum absolute atomic E-state index is 14.8. The van der Waals surface area contributed by atoms with Gasteiger partial charge in [-0.1, -0.05) is 20.3 Å². The number of fused-ring (bicyclic) bond motifs is 1. The number of piperidine rings is 1. The van der Waals surface area contributed by atoms with Crippen LogP contribution in [0.4, 0.5) is 10.3 Å². The van der Waals surface area contributed by atoms with Crippen LogP contribution in [0.25, 0.3) is 17.0 Å². The molecule has 9 heteroatoms. The number of hydrogen-bond acceptors (Lipinski definition) is 7. The van der Waals surface area contributed by atoms with Gasteiger partial charge in [-0.2, -0.15) is 5.10 Å². The molecule has 1 atom stereocenters. The van der Waals surface area contributed by atoms with Crippen LogP contribution < -0.4 is 15.4 Å². The second kappa shape index (κ2) is 9.44. The Hall–Kier alpha value is -2.81. The topological polar surface area (TPSA) is 89.3 Å². The Bertz CT molecular complexity index is 1150. The summed E-state index contributed by atoms with van der Waals surface area (Å²) in [6.45, 7) is 5.87. The molecule has 0 radical (unpaired) electrons. The lowest BCUT2D eigenvalue weighted by molar-refractivity contribution is 0.00648. The average Bonchev–Trinajstić information content (AvgIpc) is 3.22. The van der Waals surface area contributed by atoms with Gasteiger partial charge in [0.05, 0.1) is 19.5 Å². The summed E-state index contributed by atoms with van der Waals surface area (Å²) in [6, 6.07) is 2.12. The average molecular weight is 468 g/mol. The molecule has 1 spiro atoms. The highest BCUT2D eigenvalue weighted by atomic mass is 19.1. The summed E-state index contributed by atoms with van der Waals surface area (Å²) in [7, 11) is 1.67. The molecule has 0 bridgehead atoms. The zero-order valence-corrected chi connectivity index (χ0v) is 20.3. The van der Waals surface area contributed by atoms with Crippen LogP contribution in [-0.4, -0.2) is 50.8 Å². The Morgan fingerprint density at radius 2 is 2.00 bits per heavy atom. The number of imidazole rings is 1. The summed E-state index contributed by atoms with van der Waals surface area (Å²) in [5.41, 5.74) is 2.79. The van der Waals surface area contributed by atoms with E-state index in [9.17, 15) is 4.39 Å². The maximum Gasteiger partial charge on any atom is 0.223 e. The number of ether oxygens (including phenoxy) is 1. The lowest BCUT2D eigenvalue weighted by Crippen LogP contribution is -2.41. The molecule has 1 aliphatic heterocycles. The van der Waals surface area contributed by atoms with Gasteiger partial charge in [0.15, 0.2) is 11.5 Å². The van der Waals surface area contributed by atoms with Crippen molar-refractivity contribution in [2.24, 2.45) is 5.41 Å². The first-order valence-electron chi connectivity index (χ1n) is 12.6. The number of anilines is 1. The van der Waals surface area contributed by atoms with E-state index in [1.54, 1.807) is 17.8 Å². The van der Waals surface area contributed by atoms with Gasteiger partial charge in [-0.15, -0.1) is 0 Å². The van der Waals surface area contributed by atoms with E-state index in [0.717, 1.165) is 50.2 Å². The first-order valence-corrected chi connectivity index (χ1v) is 12.6. The van der Waals surface area contributed by atoms with E-state index in [0.29, 0.717) is 28.6 Å². The molecular formula is C25H34FN7O. The molecule has 0 aromatic carbocycles. The fourth-order valence-electron chi connectivity index (χ4n) is 5.56. The first kappa shape index (κ1) is 23.0. The number of nitrogens with zero attached hydrogens (tertiary/aromatic N) is 5. The third kappa shape index (κ3) is 4.10. The van der Waals surface area contributed by atoms with Gasteiger partial charge in [-0.3, -0.25) is 0 Å². The second-order valence-corrected chi connectivity index (χ2v) is 9.55. The van der Waals surface area contributed by atoms with Crippen molar-refractivity contribution in [2.75, 3.05) is 25.5 Å². The molecule has 1 saturated heterocycles. The quantitative estimate of drug-likeness (QED) is 0.568. The van der Waals surface area contributed by atoms with Crippen LogP contribution in [0.3, 0.4) is 0 Å². The molecular weight excluding hydrogens is 433 g/mol. The molecule has 3 aromatic rings. The molecule has 182 valence electrons. The van der Waals surface area contributed by atoms with E-state index < -0.39 is 5.82 Å². The molecule has 2 N–H and O–H groups in total. The number of halogens is 1. The van der Waals surface area contributed by atoms with E-state index in [4.69, 9.17) is 9.84 Å². The van der Waals surface area contributed by atoms with Crippen molar-refractivity contribution >= 4 is 11.6 Å². The minimum atomic E-state index is -0.490. The van der Waals surface area contributed by atoms with Crippen LogP contribution in [0.5, 0.6) is 5.75 Å². The summed E-state index contributed by atoms with van der Waals surface area (Å²) in [5, 5.41) is 11.6. The smallest absolute Gasteiger partial charge is 0.223 e. The number of nitrogens with one attached hydrogen (secondary N) is 2. The molecule has 1 unspecified atom stereocenters. The Kier molecular flexibility index (Phi) is 6.38. The molecule has 34 heavy (non-hydrogen) atoms. The zero-order chi connectivity index (χ0) is 23.7. The fourth-order valence-corrected chi connectivity index (χ4v) is 5.56. The van der Waals surface area contributed by atoms with Gasteiger partial charge in [0.2, 0.25) is 5.95 Å². The molecule has 2 saturated carbocycles. The Morgan fingerprint density at radius 3 is 2.68 bits per heavy atom. The van der Waals surface area contributed by atoms with Crippen LogP contribution in [-0.2, 0) is 0 Å². The predicted molar refractivity (Wildman–Crippen MR) is 130 cm³/mol. The molecule has 0 amide bonds. The normalized spacial score (nSPS) is 21.4. The Morgan fingerprint density at radius 1 is 1.18 bits per heavy atom. The van der Waals surface area contributed by atoms with Crippen LogP contribution in [0.15, 0.2) is 18.5 Å². The van der Waals surface area contributed by atoms with E-state index in [1.165, 1.54) is 25.5 Å². The molecule has 3 fully saturated rings. The van der Waals surface area contributed by atoms with Gasteiger partial charge < -0.3 is 15.4 Å². The van der Waals surface area contributed by atoms with Crippen LogP contribution in [0.1, 0.15) is 70.4 Å². The maximum atomic E-state index is 14.8. The monoisotopic (exact) mass is 467 g/mol. The molecule has 4 heterocycles. The van der Waals surface area contributed by atoms with Gasteiger partial charge in [0.25, 0.3) is 0 Å². The molecule has 2 aliphatic carbocycles. The second-order valence-electron chi connectivity index (χ2n) is 9.55. The lowest BCUT2D eigenvalue weighted by atomic mass is 9.51. The molecule has 6 rings (SSSR count). The predicted octanol–water partition coefficient (Wildman–Crippen LogP) is 4.57. The van der Waals surface area contributed by atoms with Crippen LogP contribution >= 0.6 is 0 Å². The third-order valence-corrected chi connectivity index (χ3v) is 7.48. The van der Waals surface area contributed by atoms with Gasteiger partial charge in [-0.25, -0.2) is 23.9 Å². The van der Waals surface area contributed by atoms with E-state index in [1.807, 2.05) is 19.9 Å². The van der Waals surface area contributed by atoms with Gasteiger partial charge in [0, 0.05) is 24.6 Å². The largest absolute Gasteiger partial charge is 0.495 e. The van der Waals surface area contributed by atoms with Crippen molar-refractivity contribution in [1.29, 1.82) is 0 Å². The summed E-state index contributed by atoms with van der Waals surface area (Å²) in [4.78, 5) is 13.1. The number of aromatic nitrogens is 5. The molecule has 3 aliphatic rings. The number of hydrogen-bond donors (Lipinski definition) is 2. The van der Waals surface area contributed by atoms with Gasteiger partial charge in [0.1, 0.15) is 22.8 Å². The number of methoxy groups -OCH3 is 1. The highest BCUT2D eigenvalue weighted by molar-refractivity contribution is 5.62. The van der Waals surface area contributed by atoms with Crippen molar-refractivity contribution in [3.63, 3.8) is 0 Å². The fraction of sp³-hybridized carbons (Fsp3) is 0.600. The summed E-state index contributed by atoms with van der Waals surface area (Å²) < 4.78 is 22.2. The van der Waals surface area contributed by atoms with E-state index in [-0.39, 0.29) is 11.7 Å². The first-order chi connectivity index (χ1) is 16.6. The standard InChI is InChI=1S/C23H28FN7O.C2H6/c1-32-18-8-19-26-13-17(31(19)30-20(18)14-9-23(10-14)5-3-6-23)21-16(24)12-27-22(29-21)28-15-4-2-7-25-11-15;1-2/h8,12-15,25H,2-7,9-11H2,1H3,(H,27,28,29);1-2H3. The van der Waals surface area contributed by atoms with Crippen molar-refractivity contribution in [3.8, 4) is 17.1 Å². The Balaban J connectivity index is 0.00000117. The van der Waals surface area contributed by atoms with Crippen LogP contribution in [0.2, 0.25) is 0 Å². The molecule has 3 aromatic heterocycles. The SMILES string of the molecule is CC.COc1cc2ncc(-c3nc(NC4CCCNC4)ncc3F)n2nc1C1CC2(CCC2)C1. The zero-order valence-electron chi connectivity index (χ0n) is 20.3. The highest BCUT2D eigenvalue weighted by Gasteiger charge is 2.49. The summed E-state index contributed by atoms with van der Waals surface area (Å²) >= 11 is 0. The lowest BCUT2D eigenvalue weighted by Gasteiger charge is -2.54. The minimum absolute atomic E-state index is 0.200. The summed E-state index contributed by atoms with van der Waals surface area (Å²) in [6.07, 6.45) is 11.2. The van der Waals surface area contributed by atoms with Crippen LogP contribution in [0, 0.1) is 11.2 Å². The highest BCUT2D eigenvalue weighted by Crippen LogP contribution is 2.62. The summed E-state index contributed by atoms with van der Waals surface area (Å²) in [5.74, 6) is 1.06. The van der Waals surface area contributed by atoms with Gasteiger partial charge >= 0.3 is 0 Å². The van der Waals surface area contributed by atoms with Crippen molar-refractivity contribution in [1.82, 2.24) is 29.9 Å². The third-order valence-electron chi connectivity index (χ3n) is 7.48. The van der Waals surface area contributed by atoms with Crippen molar-refractivity contribution in [2.45, 2.75) is 70.8 Å². The van der Waals surface area contributed by atoms with Crippen molar-refractivity contribution in [3.05, 3.63) is 30.0 Å². The minimum Gasteiger partial charge on any atom is -0.495 e. The molecule has 8 nitrogen and oxygen atoms in total. The Labute approximate surface area is 199 Å². The van der Waals surface area contributed by atoms with Crippen molar-refractivity contribution < 1.29 is 9.13 Å². The number of rotatable bonds is 5.